The first kappa shape index (κ1) is 12.9. The lowest BCUT2D eigenvalue weighted by atomic mass is 10.1. The van der Waals surface area contributed by atoms with Gasteiger partial charge in [-0.15, -0.1) is 0 Å². The molecule has 1 fully saturated rings. The zero-order chi connectivity index (χ0) is 13.2. The van der Waals surface area contributed by atoms with Gasteiger partial charge in [0.2, 0.25) is 0 Å². The van der Waals surface area contributed by atoms with Gasteiger partial charge in [-0.05, 0) is 37.6 Å². The highest BCUT2D eigenvalue weighted by molar-refractivity contribution is 6.36. The second-order valence-corrected chi connectivity index (χ2v) is 5.45. The number of benzene rings is 1. The lowest BCUT2D eigenvalue weighted by Crippen LogP contribution is -2.14. The highest BCUT2D eigenvalue weighted by Gasteiger charge is 2.18. The maximum atomic E-state index is 6.21. The summed E-state index contributed by atoms with van der Waals surface area (Å²) in [5.74, 6) is 0. The largest absolute Gasteiger partial charge is 0.309 e. The maximum Gasteiger partial charge on any atom is 0.0904 e. The average Bonchev–Trinajstić information content (AvgIpc) is 2.93. The first-order valence-corrected chi connectivity index (χ1v) is 7.00. The monoisotopic (exact) mass is 293 g/mol. The molecule has 0 spiro atoms. The molecular formula is C14H13Cl2N3. The first-order chi connectivity index (χ1) is 9.24. The molecule has 0 saturated carbocycles. The van der Waals surface area contributed by atoms with Crippen molar-refractivity contribution < 1.29 is 0 Å². The molecule has 1 aliphatic rings. The van der Waals surface area contributed by atoms with Crippen LogP contribution in [0.5, 0.6) is 0 Å². The van der Waals surface area contributed by atoms with Crippen LogP contribution in [0.25, 0.3) is 11.3 Å². The van der Waals surface area contributed by atoms with Gasteiger partial charge >= 0.3 is 0 Å². The van der Waals surface area contributed by atoms with Gasteiger partial charge in [0.1, 0.15) is 0 Å². The van der Waals surface area contributed by atoms with Crippen LogP contribution < -0.4 is 5.32 Å². The molecule has 5 heteroatoms. The van der Waals surface area contributed by atoms with Crippen molar-refractivity contribution in [3.63, 3.8) is 0 Å². The molecule has 3 rings (SSSR count). The molecule has 0 aliphatic carbocycles. The highest BCUT2D eigenvalue weighted by Crippen LogP contribution is 2.30. The van der Waals surface area contributed by atoms with Crippen LogP contribution in [0.4, 0.5) is 0 Å². The Bertz CT molecular complexity index is 595. The van der Waals surface area contributed by atoms with Crippen LogP contribution in [0.3, 0.4) is 0 Å². The van der Waals surface area contributed by atoms with Crippen LogP contribution in [0.15, 0.2) is 30.6 Å². The van der Waals surface area contributed by atoms with Crippen LogP contribution in [0, 0.1) is 0 Å². The molecule has 1 aromatic heterocycles. The molecule has 0 radical (unpaired) electrons. The molecule has 1 aliphatic heterocycles. The fourth-order valence-electron chi connectivity index (χ4n) is 2.31. The number of nitrogens with zero attached hydrogens (tertiary/aromatic N) is 2. The molecule has 2 aromatic rings. The smallest absolute Gasteiger partial charge is 0.0904 e. The third-order valence-electron chi connectivity index (χ3n) is 3.28. The Kier molecular flexibility index (Phi) is 3.69. The number of nitrogens with one attached hydrogen (secondary N) is 1. The lowest BCUT2D eigenvalue weighted by molar-refractivity contribution is 0.625. The topological polar surface area (TPSA) is 37.8 Å². The third kappa shape index (κ3) is 2.73. The Morgan fingerprint density at radius 3 is 2.84 bits per heavy atom. The number of halogens is 2. The average molecular weight is 294 g/mol. The van der Waals surface area contributed by atoms with Gasteiger partial charge in [-0.1, -0.05) is 23.2 Å². The van der Waals surface area contributed by atoms with E-state index < -0.39 is 0 Å². The van der Waals surface area contributed by atoms with E-state index in [1.54, 1.807) is 12.3 Å². The van der Waals surface area contributed by atoms with Crippen molar-refractivity contribution in [2.45, 2.75) is 18.9 Å². The van der Waals surface area contributed by atoms with Crippen LogP contribution in [0.1, 0.15) is 24.6 Å². The molecule has 1 N–H and O–H groups in total. The molecule has 19 heavy (non-hydrogen) atoms. The predicted molar refractivity (Wildman–Crippen MR) is 77.5 cm³/mol. The highest BCUT2D eigenvalue weighted by atomic mass is 35.5. The summed E-state index contributed by atoms with van der Waals surface area (Å²) in [5.41, 5.74) is 2.62. The van der Waals surface area contributed by atoms with Gasteiger partial charge in [0.05, 0.1) is 34.8 Å². The van der Waals surface area contributed by atoms with E-state index in [-0.39, 0.29) is 0 Å². The van der Waals surface area contributed by atoms with Crippen LogP contribution in [-0.2, 0) is 0 Å². The Labute approximate surface area is 122 Å². The van der Waals surface area contributed by atoms with E-state index in [1.165, 1.54) is 6.42 Å². The van der Waals surface area contributed by atoms with Gasteiger partial charge in [0, 0.05) is 10.6 Å². The van der Waals surface area contributed by atoms with Crippen molar-refractivity contribution in [2.75, 3.05) is 6.54 Å². The number of rotatable bonds is 2. The van der Waals surface area contributed by atoms with Gasteiger partial charge in [0.25, 0.3) is 0 Å². The van der Waals surface area contributed by atoms with Crippen LogP contribution >= 0.6 is 23.2 Å². The van der Waals surface area contributed by atoms with E-state index in [0.29, 0.717) is 16.1 Å². The summed E-state index contributed by atoms with van der Waals surface area (Å²) in [5, 5.41) is 4.64. The first-order valence-electron chi connectivity index (χ1n) is 6.25. The van der Waals surface area contributed by atoms with Crippen molar-refractivity contribution in [3.8, 4) is 11.3 Å². The predicted octanol–water partition coefficient (Wildman–Crippen LogP) is 3.87. The second kappa shape index (κ2) is 5.45. The van der Waals surface area contributed by atoms with Crippen molar-refractivity contribution in [1.29, 1.82) is 0 Å². The van der Waals surface area contributed by atoms with Crippen LogP contribution in [-0.4, -0.2) is 16.5 Å². The molecule has 1 unspecified atom stereocenters. The van der Waals surface area contributed by atoms with E-state index in [2.05, 4.69) is 15.3 Å². The molecule has 2 heterocycles. The molecule has 0 bridgehead atoms. The summed E-state index contributed by atoms with van der Waals surface area (Å²) in [6, 6.07) is 5.71. The number of aromatic nitrogens is 2. The SMILES string of the molecule is Clc1ccc(-c2cncc(C3CCCN3)n2)c(Cl)c1. The van der Waals surface area contributed by atoms with Gasteiger partial charge in [-0.2, -0.15) is 0 Å². The third-order valence-corrected chi connectivity index (χ3v) is 3.83. The fourth-order valence-corrected chi connectivity index (χ4v) is 2.82. The molecule has 1 saturated heterocycles. The minimum Gasteiger partial charge on any atom is -0.309 e. The standard InChI is InChI=1S/C14H13Cl2N3/c15-9-3-4-10(11(16)6-9)13-7-17-8-14(19-13)12-2-1-5-18-12/h3-4,6-8,12,18H,1-2,5H2. The fraction of sp³-hybridized carbons (Fsp3) is 0.286. The summed E-state index contributed by atoms with van der Waals surface area (Å²) in [4.78, 5) is 8.94. The van der Waals surface area contributed by atoms with E-state index in [1.807, 2.05) is 18.3 Å². The van der Waals surface area contributed by atoms with Gasteiger partial charge in [-0.3, -0.25) is 4.98 Å². The van der Waals surface area contributed by atoms with Crippen molar-refractivity contribution >= 4 is 23.2 Å². The summed E-state index contributed by atoms with van der Waals surface area (Å²) in [6.45, 7) is 1.04. The second-order valence-electron chi connectivity index (χ2n) is 4.60. The van der Waals surface area contributed by atoms with E-state index in [4.69, 9.17) is 23.2 Å². The molecule has 98 valence electrons. The Hall–Kier alpha value is -1.16. The summed E-state index contributed by atoms with van der Waals surface area (Å²) >= 11 is 12.1. The van der Waals surface area contributed by atoms with Gasteiger partial charge in [0.15, 0.2) is 0 Å². The number of hydrogen-bond acceptors (Lipinski definition) is 3. The molecular weight excluding hydrogens is 281 g/mol. The quantitative estimate of drug-likeness (QED) is 0.913. The van der Waals surface area contributed by atoms with E-state index >= 15 is 0 Å². The lowest BCUT2D eigenvalue weighted by Gasteiger charge is -2.11. The van der Waals surface area contributed by atoms with Gasteiger partial charge in [-0.25, -0.2) is 4.98 Å². The van der Waals surface area contributed by atoms with Crippen molar-refractivity contribution in [2.24, 2.45) is 0 Å². The Morgan fingerprint density at radius 2 is 2.11 bits per heavy atom. The zero-order valence-corrected chi connectivity index (χ0v) is 11.7. The maximum absolute atomic E-state index is 6.21. The molecule has 3 nitrogen and oxygen atoms in total. The summed E-state index contributed by atoms with van der Waals surface area (Å²) in [6.07, 6.45) is 5.83. The summed E-state index contributed by atoms with van der Waals surface area (Å²) < 4.78 is 0. The molecule has 1 atom stereocenters. The van der Waals surface area contributed by atoms with E-state index in [0.717, 1.165) is 29.9 Å². The summed E-state index contributed by atoms with van der Waals surface area (Å²) in [7, 11) is 0. The van der Waals surface area contributed by atoms with Crippen molar-refractivity contribution in [3.05, 3.63) is 46.3 Å². The molecule has 1 aromatic carbocycles. The zero-order valence-electron chi connectivity index (χ0n) is 10.2. The minimum atomic E-state index is 0.304. The Balaban J connectivity index is 1.98. The Morgan fingerprint density at radius 1 is 1.21 bits per heavy atom. The molecule has 0 amide bonds. The van der Waals surface area contributed by atoms with Crippen molar-refractivity contribution in [1.82, 2.24) is 15.3 Å². The minimum absolute atomic E-state index is 0.304. The number of hydrogen-bond donors (Lipinski definition) is 1. The van der Waals surface area contributed by atoms with E-state index in [9.17, 15) is 0 Å². The normalized spacial score (nSPS) is 18.7. The van der Waals surface area contributed by atoms with Gasteiger partial charge < -0.3 is 5.32 Å². The van der Waals surface area contributed by atoms with Crippen LogP contribution in [0.2, 0.25) is 10.0 Å².